The molecule has 0 fully saturated rings. The van der Waals surface area contributed by atoms with Gasteiger partial charge in [0.05, 0.1) is 11.1 Å². The van der Waals surface area contributed by atoms with Crippen molar-refractivity contribution in [1.82, 2.24) is 29.9 Å². The number of aromatic nitrogens is 5. The molecule has 0 aliphatic heterocycles. The number of benzene rings is 1. The maximum Gasteiger partial charge on any atom is 0.255 e. The van der Waals surface area contributed by atoms with E-state index in [9.17, 15) is 4.79 Å². The summed E-state index contributed by atoms with van der Waals surface area (Å²) in [7, 11) is 1.78. The van der Waals surface area contributed by atoms with Crippen LogP contribution in [0.5, 0.6) is 0 Å². The summed E-state index contributed by atoms with van der Waals surface area (Å²) in [6.07, 6.45) is 3.40. The van der Waals surface area contributed by atoms with Gasteiger partial charge in [0.2, 0.25) is 0 Å². The van der Waals surface area contributed by atoms with Gasteiger partial charge in [-0.3, -0.25) is 9.78 Å². The highest BCUT2D eigenvalue weighted by Crippen LogP contribution is 2.18. The van der Waals surface area contributed by atoms with Crippen LogP contribution < -0.4 is 0 Å². The number of pyridine rings is 2. The van der Waals surface area contributed by atoms with Gasteiger partial charge in [-0.25, -0.2) is 0 Å². The number of nitrogens with zero attached hydrogens (tertiary/aromatic N) is 6. The molecule has 24 heavy (non-hydrogen) atoms. The van der Waals surface area contributed by atoms with E-state index in [0.717, 1.165) is 16.5 Å². The average Bonchev–Trinajstić information content (AvgIpc) is 3.09. The van der Waals surface area contributed by atoms with Crippen molar-refractivity contribution < 1.29 is 4.79 Å². The lowest BCUT2D eigenvalue weighted by molar-refractivity contribution is 0.0785. The third-order valence-corrected chi connectivity index (χ3v) is 3.93. The molecule has 0 N–H and O–H groups in total. The molecule has 0 aliphatic rings. The molecule has 3 heterocycles. The fourth-order valence-corrected chi connectivity index (χ4v) is 2.72. The van der Waals surface area contributed by atoms with E-state index in [4.69, 9.17) is 0 Å². The van der Waals surface area contributed by atoms with Gasteiger partial charge in [0.15, 0.2) is 5.65 Å². The largest absolute Gasteiger partial charge is 0.337 e. The maximum atomic E-state index is 12.7. The zero-order chi connectivity index (χ0) is 16.5. The van der Waals surface area contributed by atoms with Crippen LogP contribution in [0.4, 0.5) is 0 Å². The van der Waals surface area contributed by atoms with Gasteiger partial charge >= 0.3 is 0 Å². The Morgan fingerprint density at radius 1 is 1.17 bits per heavy atom. The van der Waals surface area contributed by atoms with E-state index in [1.807, 2.05) is 30.3 Å². The van der Waals surface area contributed by atoms with Gasteiger partial charge in [-0.1, -0.05) is 18.2 Å². The first kappa shape index (κ1) is 14.3. The molecule has 0 radical (unpaired) electrons. The minimum atomic E-state index is -0.0895. The van der Waals surface area contributed by atoms with Gasteiger partial charge in [-0.05, 0) is 40.3 Å². The fraction of sp³-hybridized carbons (Fsp3) is 0.118. The van der Waals surface area contributed by atoms with Crippen molar-refractivity contribution >= 4 is 22.5 Å². The molecular formula is C17H14N6O. The van der Waals surface area contributed by atoms with Crippen LogP contribution in [0, 0.1) is 0 Å². The molecule has 0 saturated heterocycles. The SMILES string of the molecule is CN(Cc1cccc2ncccc12)C(=O)c1ccc2nnnn2c1. The van der Waals surface area contributed by atoms with Crippen molar-refractivity contribution in [3.63, 3.8) is 0 Å². The van der Waals surface area contributed by atoms with Crippen molar-refractivity contribution in [2.45, 2.75) is 6.54 Å². The van der Waals surface area contributed by atoms with Crippen LogP contribution in [0.2, 0.25) is 0 Å². The number of hydrogen-bond acceptors (Lipinski definition) is 5. The zero-order valence-corrected chi connectivity index (χ0v) is 13.0. The molecule has 4 aromatic rings. The van der Waals surface area contributed by atoms with Crippen LogP contribution in [0.25, 0.3) is 16.6 Å². The lowest BCUT2D eigenvalue weighted by Crippen LogP contribution is -2.26. The molecule has 3 aromatic heterocycles. The van der Waals surface area contributed by atoms with E-state index < -0.39 is 0 Å². The van der Waals surface area contributed by atoms with Crippen LogP contribution in [-0.4, -0.2) is 42.9 Å². The minimum absolute atomic E-state index is 0.0895. The number of carbonyl (C=O) groups is 1. The number of hydrogen-bond donors (Lipinski definition) is 0. The monoisotopic (exact) mass is 318 g/mol. The van der Waals surface area contributed by atoms with E-state index in [0.29, 0.717) is 17.8 Å². The average molecular weight is 318 g/mol. The van der Waals surface area contributed by atoms with Crippen LogP contribution >= 0.6 is 0 Å². The molecule has 1 amide bonds. The van der Waals surface area contributed by atoms with E-state index in [2.05, 4.69) is 20.5 Å². The smallest absolute Gasteiger partial charge is 0.255 e. The second kappa shape index (κ2) is 5.69. The molecule has 0 aliphatic carbocycles. The molecule has 0 spiro atoms. The zero-order valence-electron chi connectivity index (χ0n) is 13.0. The van der Waals surface area contributed by atoms with Gasteiger partial charge in [-0.2, -0.15) is 4.52 Å². The Hall–Kier alpha value is -3.35. The molecule has 4 rings (SSSR count). The third kappa shape index (κ3) is 2.45. The summed E-state index contributed by atoms with van der Waals surface area (Å²) in [5.41, 5.74) is 3.12. The number of carbonyl (C=O) groups excluding carboxylic acids is 1. The number of rotatable bonds is 3. The summed E-state index contributed by atoms with van der Waals surface area (Å²) >= 11 is 0. The Labute approximate surface area is 137 Å². The predicted molar refractivity (Wildman–Crippen MR) is 88.3 cm³/mol. The lowest BCUT2D eigenvalue weighted by atomic mass is 10.1. The number of amides is 1. The summed E-state index contributed by atoms with van der Waals surface area (Å²) < 4.78 is 1.49. The highest BCUT2D eigenvalue weighted by atomic mass is 16.2. The second-order valence-electron chi connectivity index (χ2n) is 5.55. The van der Waals surface area contributed by atoms with Crippen molar-refractivity contribution in [3.05, 3.63) is 66.0 Å². The summed E-state index contributed by atoms with van der Waals surface area (Å²) in [6.45, 7) is 0.496. The van der Waals surface area contributed by atoms with E-state index in [-0.39, 0.29) is 5.91 Å². The topological polar surface area (TPSA) is 76.3 Å². The first-order chi connectivity index (χ1) is 11.7. The molecule has 0 saturated carbocycles. The molecule has 1 aromatic carbocycles. The van der Waals surface area contributed by atoms with E-state index in [1.165, 1.54) is 4.52 Å². The fourth-order valence-electron chi connectivity index (χ4n) is 2.72. The van der Waals surface area contributed by atoms with Crippen molar-refractivity contribution in [2.75, 3.05) is 7.05 Å². The number of fused-ring (bicyclic) bond motifs is 2. The Kier molecular flexibility index (Phi) is 3.38. The van der Waals surface area contributed by atoms with Gasteiger partial charge in [0.25, 0.3) is 5.91 Å². The summed E-state index contributed by atoms with van der Waals surface area (Å²) in [6, 6.07) is 13.3. The highest BCUT2D eigenvalue weighted by molar-refractivity contribution is 5.94. The van der Waals surface area contributed by atoms with Crippen molar-refractivity contribution in [2.24, 2.45) is 0 Å². The van der Waals surface area contributed by atoms with Crippen LogP contribution in [0.15, 0.2) is 54.9 Å². The first-order valence-electron chi connectivity index (χ1n) is 7.48. The molecule has 0 bridgehead atoms. The third-order valence-electron chi connectivity index (χ3n) is 3.93. The number of tetrazole rings is 1. The molecule has 7 nitrogen and oxygen atoms in total. The Morgan fingerprint density at radius 2 is 2.08 bits per heavy atom. The quantitative estimate of drug-likeness (QED) is 0.577. The predicted octanol–water partition coefficient (Wildman–Crippen LogP) is 1.94. The maximum absolute atomic E-state index is 12.7. The van der Waals surface area contributed by atoms with Crippen LogP contribution in [0.1, 0.15) is 15.9 Å². The van der Waals surface area contributed by atoms with Crippen molar-refractivity contribution in [3.8, 4) is 0 Å². The Balaban J connectivity index is 1.62. The normalized spacial score (nSPS) is 11.0. The molecule has 7 heteroatoms. The summed E-state index contributed by atoms with van der Waals surface area (Å²) in [4.78, 5) is 18.7. The first-order valence-corrected chi connectivity index (χ1v) is 7.48. The second-order valence-corrected chi connectivity index (χ2v) is 5.55. The van der Waals surface area contributed by atoms with Gasteiger partial charge < -0.3 is 4.90 Å². The Bertz CT molecular complexity index is 1040. The Morgan fingerprint density at radius 3 is 3.00 bits per heavy atom. The summed E-state index contributed by atoms with van der Waals surface area (Å²) in [5, 5.41) is 12.3. The molecule has 0 unspecified atom stereocenters. The van der Waals surface area contributed by atoms with E-state index in [1.54, 1.807) is 36.5 Å². The lowest BCUT2D eigenvalue weighted by Gasteiger charge is -2.18. The molecular weight excluding hydrogens is 304 g/mol. The van der Waals surface area contributed by atoms with Crippen LogP contribution in [-0.2, 0) is 6.54 Å². The van der Waals surface area contributed by atoms with E-state index >= 15 is 0 Å². The highest BCUT2D eigenvalue weighted by Gasteiger charge is 2.14. The van der Waals surface area contributed by atoms with Crippen molar-refractivity contribution in [1.29, 1.82) is 0 Å². The van der Waals surface area contributed by atoms with Gasteiger partial charge in [-0.15, -0.1) is 5.10 Å². The summed E-state index contributed by atoms with van der Waals surface area (Å²) in [5.74, 6) is -0.0895. The molecule has 118 valence electrons. The standard InChI is InChI=1S/C17H14N6O/c1-22(10-12-4-2-6-15-14(12)5-3-9-18-15)17(24)13-7-8-16-19-20-21-23(16)11-13/h2-9,11H,10H2,1H3. The van der Waals surface area contributed by atoms with Crippen LogP contribution in [0.3, 0.4) is 0 Å². The van der Waals surface area contributed by atoms with Gasteiger partial charge in [0, 0.05) is 31.4 Å². The van der Waals surface area contributed by atoms with Gasteiger partial charge in [0.1, 0.15) is 0 Å². The minimum Gasteiger partial charge on any atom is -0.337 e. The molecule has 0 atom stereocenters.